The Morgan fingerprint density at radius 1 is 1.09 bits per heavy atom. The zero-order valence-electron chi connectivity index (χ0n) is 25.9. The largest absolute Gasteiger partial charge is 0.475 e. The fraction of sp³-hybridized carbons (Fsp3) is 0.378. The van der Waals surface area contributed by atoms with Crippen molar-refractivity contribution in [3.8, 4) is 23.1 Å². The lowest BCUT2D eigenvalue weighted by molar-refractivity contribution is -0.130. The van der Waals surface area contributed by atoms with E-state index in [0.717, 1.165) is 49.5 Å². The van der Waals surface area contributed by atoms with Crippen molar-refractivity contribution < 1.29 is 18.3 Å². The van der Waals surface area contributed by atoms with Gasteiger partial charge in [0.1, 0.15) is 12.1 Å². The highest BCUT2D eigenvalue weighted by atomic mass is 35.5. The summed E-state index contributed by atoms with van der Waals surface area (Å²) in [5.74, 6) is -1.91. The van der Waals surface area contributed by atoms with Crippen LogP contribution in [0.15, 0.2) is 60.9 Å². The molecule has 0 bridgehead atoms. The van der Waals surface area contributed by atoms with Gasteiger partial charge in [0.15, 0.2) is 11.6 Å². The molecule has 5 heterocycles. The molecule has 0 N–H and O–H groups in total. The summed E-state index contributed by atoms with van der Waals surface area (Å²) in [6, 6.07) is 16.9. The summed E-state index contributed by atoms with van der Waals surface area (Å²) < 4.78 is 37.4. The number of fused-ring (bicyclic) bond motifs is 4. The van der Waals surface area contributed by atoms with Gasteiger partial charge in [-0.05, 0) is 68.3 Å². The van der Waals surface area contributed by atoms with E-state index in [-0.39, 0.29) is 35.4 Å². The van der Waals surface area contributed by atoms with E-state index in [0.29, 0.717) is 58.9 Å². The fourth-order valence-electron chi connectivity index (χ4n) is 8.66. The second kappa shape index (κ2) is 11.5. The first-order valence-electron chi connectivity index (χ1n) is 16.3. The van der Waals surface area contributed by atoms with Gasteiger partial charge in [-0.2, -0.15) is 5.26 Å². The molecule has 0 saturated carbocycles. The Kier molecular flexibility index (Phi) is 7.34. The number of nitrogens with zero attached hydrogens (tertiary/aromatic N) is 5. The molecule has 4 saturated heterocycles. The summed E-state index contributed by atoms with van der Waals surface area (Å²) in [7, 11) is 0. The van der Waals surface area contributed by atoms with Gasteiger partial charge in [0, 0.05) is 34.4 Å². The van der Waals surface area contributed by atoms with Gasteiger partial charge in [0.2, 0.25) is 5.88 Å². The summed E-state index contributed by atoms with van der Waals surface area (Å²) in [4.78, 5) is 23.5. The Balaban J connectivity index is 1.28. The summed E-state index contributed by atoms with van der Waals surface area (Å²) >= 11 is 6.65. The van der Waals surface area contributed by atoms with Crippen molar-refractivity contribution in [1.29, 1.82) is 5.26 Å². The first-order chi connectivity index (χ1) is 22.8. The van der Waals surface area contributed by atoms with E-state index >= 15 is 4.39 Å². The smallest absolute Gasteiger partial charge is 0.282 e. The average Bonchev–Trinajstić information content (AvgIpc) is 3.73. The molecular weight excluding hydrogens is 620 g/mol. The molecule has 0 radical (unpaired) electrons. The lowest BCUT2D eigenvalue weighted by Crippen LogP contribution is -2.63. The topological polar surface area (TPSA) is 72.7 Å². The molecule has 3 aromatic carbocycles. The van der Waals surface area contributed by atoms with Crippen LogP contribution < -0.4 is 9.64 Å². The third kappa shape index (κ3) is 4.68. The molecule has 0 spiro atoms. The average molecular weight is 654 g/mol. The summed E-state index contributed by atoms with van der Waals surface area (Å²) in [5.41, 5.74) is 2.39. The first kappa shape index (κ1) is 30.1. The molecular formula is C37H34ClF2N5O2. The number of carbonyl (C=O) groups excluding carboxylic acids is 1. The molecule has 4 aliphatic heterocycles. The third-order valence-electron chi connectivity index (χ3n) is 10.9. The van der Waals surface area contributed by atoms with Crippen LogP contribution in [0.3, 0.4) is 0 Å². The summed E-state index contributed by atoms with van der Waals surface area (Å²) in [6.45, 7) is 6.50. The monoisotopic (exact) mass is 653 g/mol. The van der Waals surface area contributed by atoms with Crippen LogP contribution >= 0.6 is 11.6 Å². The molecule has 47 heavy (non-hydrogen) atoms. The van der Waals surface area contributed by atoms with E-state index in [4.69, 9.17) is 21.3 Å². The van der Waals surface area contributed by atoms with E-state index in [1.807, 2.05) is 36.4 Å². The van der Waals surface area contributed by atoms with E-state index in [9.17, 15) is 14.4 Å². The van der Waals surface area contributed by atoms with Gasteiger partial charge in [0.25, 0.3) is 5.91 Å². The quantitative estimate of drug-likeness (QED) is 0.197. The molecule has 240 valence electrons. The molecule has 1 aromatic heterocycles. The Morgan fingerprint density at radius 2 is 1.85 bits per heavy atom. The maximum absolute atomic E-state index is 17.0. The molecule has 1 amide bonds. The predicted octanol–water partition coefficient (Wildman–Crippen LogP) is 7.19. The van der Waals surface area contributed by atoms with E-state index in [1.165, 1.54) is 4.90 Å². The van der Waals surface area contributed by atoms with Crippen LogP contribution in [-0.2, 0) is 11.2 Å². The van der Waals surface area contributed by atoms with Crippen LogP contribution in [-0.4, -0.2) is 71.1 Å². The number of hydrogen-bond donors (Lipinski definition) is 0. The minimum absolute atomic E-state index is 0.0183. The van der Waals surface area contributed by atoms with Crippen LogP contribution in [0.5, 0.6) is 5.88 Å². The van der Waals surface area contributed by atoms with Gasteiger partial charge >= 0.3 is 0 Å². The number of anilines is 1. The molecule has 4 aromatic rings. The molecule has 0 unspecified atom stereocenters. The second-order valence-corrected chi connectivity index (χ2v) is 13.6. The third-order valence-corrected chi connectivity index (χ3v) is 11.2. The van der Waals surface area contributed by atoms with Crippen molar-refractivity contribution in [3.63, 3.8) is 0 Å². The van der Waals surface area contributed by atoms with E-state index in [1.54, 1.807) is 12.1 Å². The van der Waals surface area contributed by atoms with Gasteiger partial charge in [-0.25, -0.2) is 13.8 Å². The Labute approximate surface area is 277 Å². The summed E-state index contributed by atoms with van der Waals surface area (Å²) in [6.07, 6.45) is 4.90. The molecule has 2 atom stereocenters. The number of aromatic nitrogens is 1. The first-order valence-corrected chi connectivity index (χ1v) is 16.7. The number of nitriles is 1. The fourth-order valence-corrected chi connectivity index (χ4v) is 8.94. The Bertz CT molecular complexity index is 2000. The SMILES string of the molecule is C=C(F)C(=O)N1CC[C@@H]2[C@H]1CN2c1c(CC#N)c(OCC23CCCN2CCC3)nc2c(F)c(-c3cccc4cccc(Cl)c34)ccc12. The molecule has 8 rings (SSSR count). The highest BCUT2D eigenvalue weighted by Gasteiger charge is 2.51. The minimum atomic E-state index is -0.977. The highest BCUT2D eigenvalue weighted by Crippen LogP contribution is 2.47. The number of benzene rings is 3. The van der Waals surface area contributed by atoms with Crippen LogP contribution in [0, 0.1) is 17.1 Å². The molecule has 7 nitrogen and oxygen atoms in total. The predicted molar refractivity (Wildman–Crippen MR) is 179 cm³/mol. The van der Waals surface area contributed by atoms with Crippen molar-refractivity contribution >= 4 is 44.9 Å². The van der Waals surface area contributed by atoms with Crippen LogP contribution in [0.2, 0.25) is 5.02 Å². The van der Waals surface area contributed by atoms with Gasteiger partial charge in [-0.3, -0.25) is 9.69 Å². The number of hydrogen-bond acceptors (Lipinski definition) is 6. The van der Waals surface area contributed by atoms with Crippen molar-refractivity contribution in [2.75, 3.05) is 37.7 Å². The van der Waals surface area contributed by atoms with Gasteiger partial charge in [-0.1, -0.05) is 54.6 Å². The second-order valence-electron chi connectivity index (χ2n) is 13.2. The number of rotatable bonds is 7. The number of ether oxygens (including phenoxy) is 1. The van der Waals surface area contributed by atoms with Gasteiger partial charge in [0.05, 0.1) is 41.4 Å². The lowest BCUT2D eigenvalue weighted by Gasteiger charge is -2.49. The number of carbonyl (C=O) groups is 1. The normalized spacial score (nSPS) is 21.5. The highest BCUT2D eigenvalue weighted by molar-refractivity contribution is 6.36. The molecule has 4 fully saturated rings. The van der Waals surface area contributed by atoms with Crippen LogP contribution in [0.25, 0.3) is 32.8 Å². The molecule has 0 aliphatic carbocycles. The number of pyridine rings is 1. The van der Waals surface area contributed by atoms with E-state index < -0.39 is 17.6 Å². The summed E-state index contributed by atoms with van der Waals surface area (Å²) in [5, 5.41) is 12.8. The number of amides is 1. The molecule has 10 heteroatoms. The van der Waals surface area contributed by atoms with Gasteiger partial charge < -0.3 is 14.5 Å². The van der Waals surface area contributed by atoms with Crippen molar-refractivity contribution in [2.24, 2.45) is 0 Å². The number of likely N-dealkylation sites (tertiary alicyclic amines) is 1. The zero-order valence-corrected chi connectivity index (χ0v) is 26.7. The Hall–Kier alpha value is -4.26. The lowest BCUT2D eigenvalue weighted by atomic mass is 9.91. The van der Waals surface area contributed by atoms with E-state index in [2.05, 4.69) is 22.4 Å². The Morgan fingerprint density at radius 3 is 2.60 bits per heavy atom. The van der Waals surface area contributed by atoms with Crippen molar-refractivity contribution in [2.45, 2.75) is 56.1 Å². The van der Waals surface area contributed by atoms with Crippen LogP contribution in [0.1, 0.15) is 37.7 Å². The minimum Gasteiger partial charge on any atom is -0.475 e. The van der Waals surface area contributed by atoms with Crippen molar-refractivity contribution in [1.82, 2.24) is 14.8 Å². The van der Waals surface area contributed by atoms with Gasteiger partial charge in [-0.15, -0.1) is 0 Å². The zero-order chi connectivity index (χ0) is 32.4. The molecule has 4 aliphatic rings. The number of halogens is 3. The van der Waals surface area contributed by atoms with Crippen LogP contribution in [0.4, 0.5) is 14.5 Å². The maximum Gasteiger partial charge on any atom is 0.282 e. The van der Waals surface area contributed by atoms with Crippen molar-refractivity contribution in [3.05, 3.63) is 77.3 Å². The standard InChI is InChI=1S/C37H34ClF2N5O2/c1-22(39)36(46)44-19-13-29-30(44)20-45(29)34-26-11-10-25(24-8-2-6-23-7-3-9-28(38)31(23)24)32(40)33(26)42-35(27(34)12-16-41)47-21-37-14-4-17-43(37)18-5-15-37/h2-3,6-11,29-30H,1,4-5,12-15,17-21H2/t29-,30-/m1/s1. The maximum atomic E-state index is 17.0.